The number of fused-ring (bicyclic) bond motifs is 8. The summed E-state index contributed by atoms with van der Waals surface area (Å²) in [6, 6.07) is 64.8. The van der Waals surface area contributed by atoms with Gasteiger partial charge in [0.2, 0.25) is 0 Å². The first-order chi connectivity index (χ1) is 24.3. The molecule has 0 saturated heterocycles. The molecule has 0 bridgehead atoms. The minimum atomic E-state index is 0.861. The number of hydrogen-bond donors (Lipinski definition) is 0. The smallest absolute Gasteiger partial charge is 0.159 e. The van der Waals surface area contributed by atoms with Gasteiger partial charge in [-0.15, -0.1) is 0 Å². The number of rotatable bonds is 5. The van der Waals surface area contributed by atoms with E-state index < -0.39 is 0 Å². The van der Waals surface area contributed by atoms with E-state index in [-0.39, 0.29) is 0 Å². The van der Waals surface area contributed by atoms with Crippen LogP contribution in [-0.4, -0.2) is 4.57 Å². The van der Waals surface area contributed by atoms with Crippen LogP contribution in [0.2, 0.25) is 0 Å². The van der Waals surface area contributed by atoms with Gasteiger partial charge < -0.3 is 13.9 Å². The number of hydrogen-bond acceptors (Lipinski definition) is 2. The van der Waals surface area contributed by atoms with Crippen molar-refractivity contribution in [2.45, 2.75) is 0 Å². The van der Waals surface area contributed by atoms with Crippen LogP contribution >= 0.6 is 0 Å². The van der Waals surface area contributed by atoms with E-state index in [0.29, 0.717) is 0 Å². The molecule has 230 valence electrons. The summed E-state index contributed by atoms with van der Waals surface area (Å²) in [4.78, 5) is 2.38. The van der Waals surface area contributed by atoms with Crippen LogP contribution in [0.3, 0.4) is 0 Å². The highest BCUT2D eigenvalue weighted by Gasteiger charge is 2.24. The third-order valence-electron chi connectivity index (χ3n) is 9.77. The number of para-hydroxylation sites is 4. The summed E-state index contributed by atoms with van der Waals surface area (Å²) in [5, 5.41) is 7.09. The van der Waals surface area contributed by atoms with Gasteiger partial charge >= 0.3 is 0 Å². The fourth-order valence-electron chi connectivity index (χ4n) is 7.62. The molecule has 10 aromatic rings. The predicted molar refractivity (Wildman–Crippen MR) is 206 cm³/mol. The van der Waals surface area contributed by atoms with Crippen molar-refractivity contribution in [2.75, 3.05) is 4.90 Å². The van der Waals surface area contributed by atoms with Crippen molar-refractivity contribution in [3.63, 3.8) is 0 Å². The molecule has 3 nitrogen and oxygen atoms in total. The maximum Gasteiger partial charge on any atom is 0.159 e. The zero-order valence-corrected chi connectivity index (χ0v) is 26.6. The molecule has 10 rings (SSSR count). The van der Waals surface area contributed by atoms with Crippen LogP contribution in [-0.2, 0) is 0 Å². The van der Waals surface area contributed by atoms with Crippen molar-refractivity contribution in [1.82, 2.24) is 4.57 Å². The number of furan rings is 1. The normalized spacial score (nSPS) is 11.7. The summed E-state index contributed by atoms with van der Waals surface area (Å²) < 4.78 is 9.22. The molecule has 0 fully saturated rings. The molecule has 2 heterocycles. The van der Waals surface area contributed by atoms with E-state index in [1.54, 1.807) is 0 Å². The fourth-order valence-corrected chi connectivity index (χ4v) is 7.62. The summed E-state index contributed by atoms with van der Waals surface area (Å²) in [6.07, 6.45) is 0. The molecule has 0 aliphatic rings. The van der Waals surface area contributed by atoms with Crippen molar-refractivity contribution < 1.29 is 4.42 Å². The van der Waals surface area contributed by atoms with Crippen LogP contribution < -0.4 is 4.90 Å². The number of aromatic nitrogens is 1. The highest BCUT2D eigenvalue weighted by atomic mass is 16.3. The van der Waals surface area contributed by atoms with Gasteiger partial charge in [-0.25, -0.2) is 0 Å². The topological polar surface area (TPSA) is 21.3 Å². The summed E-state index contributed by atoms with van der Waals surface area (Å²) in [6.45, 7) is 0. The van der Waals surface area contributed by atoms with E-state index in [1.165, 1.54) is 27.1 Å². The number of anilines is 3. The SMILES string of the molecule is c1ccc(-c2ccccc2N(c2ccc3c4ccccc4n(-c4ccccc4)c3c2)c2cccc3c2oc2ccc4ccccc4c23)cc1. The first-order valence-electron chi connectivity index (χ1n) is 16.7. The first-order valence-corrected chi connectivity index (χ1v) is 16.7. The number of benzene rings is 8. The molecule has 8 aromatic carbocycles. The predicted octanol–water partition coefficient (Wildman–Crippen LogP) is 13.0. The molecule has 0 amide bonds. The lowest BCUT2D eigenvalue weighted by Crippen LogP contribution is -2.11. The minimum absolute atomic E-state index is 0.861. The minimum Gasteiger partial charge on any atom is -0.454 e. The maximum atomic E-state index is 6.84. The Kier molecular flexibility index (Phi) is 6.18. The molecular formula is C46H30N2O. The molecule has 0 atom stereocenters. The second kappa shape index (κ2) is 11.0. The van der Waals surface area contributed by atoms with Crippen molar-refractivity contribution >= 4 is 71.6 Å². The van der Waals surface area contributed by atoms with E-state index >= 15 is 0 Å². The Labute approximate surface area is 283 Å². The monoisotopic (exact) mass is 626 g/mol. The van der Waals surface area contributed by atoms with Crippen molar-refractivity contribution in [2.24, 2.45) is 0 Å². The van der Waals surface area contributed by atoms with Crippen LogP contribution in [0, 0.1) is 0 Å². The van der Waals surface area contributed by atoms with Crippen molar-refractivity contribution in [1.29, 1.82) is 0 Å². The zero-order chi connectivity index (χ0) is 32.3. The largest absolute Gasteiger partial charge is 0.454 e. The standard InChI is InChI=1S/C46H30N2O/c1-3-14-31(15-4-1)35-19-9-11-23-40(35)48(42-25-13-22-39-45-36-20-8-7-16-32(36)26-29-44(45)49-46(39)42)34-27-28-38-37-21-10-12-24-41(37)47(43(38)30-34)33-17-5-2-6-18-33/h1-30H. The Morgan fingerprint density at radius 2 is 1.12 bits per heavy atom. The molecule has 3 heteroatoms. The molecule has 2 aromatic heterocycles. The number of nitrogens with zero attached hydrogens (tertiary/aromatic N) is 2. The zero-order valence-electron chi connectivity index (χ0n) is 26.6. The van der Waals surface area contributed by atoms with Crippen LogP contribution in [0.5, 0.6) is 0 Å². The Balaban J connectivity index is 1.30. The van der Waals surface area contributed by atoms with Gasteiger partial charge in [-0.2, -0.15) is 0 Å². The van der Waals surface area contributed by atoms with Gasteiger partial charge in [0.05, 0.1) is 22.4 Å². The molecule has 0 unspecified atom stereocenters. The van der Waals surface area contributed by atoms with Gasteiger partial charge in [0.15, 0.2) is 5.58 Å². The van der Waals surface area contributed by atoms with Crippen LogP contribution in [0.25, 0.3) is 71.3 Å². The maximum absolute atomic E-state index is 6.84. The second-order valence-electron chi connectivity index (χ2n) is 12.5. The third-order valence-corrected chi connectivity index (χ3v) is 9.77. The quantitative estimate of drug-likeness (QED) is 0.190. The van der Waals surface area contributed by atoms with Gasteiger partial charge in [-0.05, 0) is 64.9 Å². The molecule has 0 N–H and O–H groups in total. The van der Waals surface area contributed by atoms with Gasteiger partial charge in [0.1, 0.15) is 5.58 Å². The van der Waals surface area contributed by atoms with Gasteiger partial charge in [-0.3, -0.25) is 0 Å². The molecule has 0 aliphatic carbocycles. The average molecular weight is 627 g/mol. The van der Waals surface area contributed by atoms with Gasteiger partial charge in [-0.1, -0.05) is 133 Å². The second-order valence-corrected chi connectivity index (χ2v) is 12.5. The lowest BCUT2D eigenvalue weighted by atomic mass is 10.0. The lowest BCUT2D eigenvalue weighted by molar-refractivity contribution is 0.669. The Bertz CT molecular complexity index is 2830. The summed E-state index contributed by atoms with van der Waals surface area (Å²) in [5.41, 5.74) is 10.6. The van der Waals surface area contributed by atoms with Crippen molar-refractivity contribution in [3.8, 4) is 16.8 Å². The first kappa shape index (κ1) is 27.5. The third kappa shape index (κ3) is 4.29. The molecular weight excluding hydrogens is 597 g/mol. The Hall–Kier alpha value is -6.58. The van der Waals surface area contributed by atoms with Crippen LogP contribution in [0.15, 0.2) is 186 Å². The van der Waals surface area contributed by atoms with E-state index in [4.69, 9.17) is 4.42 Å². The summed E-state index contributed by atoms with van der Waals surface area (Å²) in [5.74, 6) is 0. The molecule has 0 aliphatic heterocycles. The Morgan fingerprint density at radius 1 is 0.449 bits per heavy atom. The van der Waals surface area contributed by atoms with Crippen LogP contribution in [0.4, 0.5) is 17.1 Å². The molecule has 0 saturated carbocycles. The van der Waals surface area contributed by atoms with E-state index in [2.05, 4.69) is 191 Å². The fraction of sp³-hybridized carbons (Fsp3) is 0. The van der Waals surface area contributed by atoms with Gasteiger partial charge in [0.25, 0.3) is 0 Å². The van der Waals surface area contributed by atoms with Gasteiger partial charge in [0, 0.05) is 38.5 Å². The van der Waals surface area contributed by atoms with E-state index in [0.717, 1.165) is 61.3 Å². The average Bonchev–Trinajstić information content (AvgIpc) is 3.72. The van der Waals surface area contributed by atoms with E-state index in [1.807, 2.05) is 0 Å². The summed E-state index contributed by atoms with van der Waals surface area (Å²) >= 11 is 0. The van der Waals surface area contributed by atoms with Crippen molar-refractivity contribution in [3.05, 3.63) is 182 Å². The summed E-state index contributed by atoms with van der Waals surface area (Å²) in [7, 11) is 0. The Morgan fingerprint density at radius 3 is 2.00 bits per heavy atom. The molecule has 49 heavy (non-hydrogen) atoms. The molecule has 0 spiro atoms. The molecule has 0 radical (unpaired) electrons. The highest BCUT2D eigenvalue weighted by Crippen LogP contribution is 2.47. The highest BCUT2D eigenvalue weighted by molar-refractivity contribution is 6.21. The lowest BCUT2D eigenvalue weighted by Gasteiger charge is -2.28. The van der Waals surface area contributed by atoms with Crippen LogP contribution in [0.1, 0.15) is 0 Å². The van der Waals surface area contributed by atoms with E-state index in [9.17, 15) is 0 Å².